The standard InChI is InChI=1S/C11H15N3/c1-3-10(7-12)13-8-11-6-4-5-9(2)14-11/h4-6,10,13H,3,8H2,1-2H3. The Balaban J connectivity index is 2.50. The van der Waals surface area contributed by atoms with E-state index in [-0.39, 0.29) is 6.04 Å². The highest BCUT2D eigenvalue weighted by molar-refractivity contribution is 5.10. The molecule has 0 aromatic carbocycles. The summed E-state index contributed by atoms with van der Waals surface area (Å²) in [7, 11) is 0. The topological polar surface area (TPSA) is 48.7 Å². The molecule has 0 radical (unpaired) electrons. The molecule has 74 valence electrons. The van der Waals surface area contributed by atoms with Crippen LogP contribution in [0.25, 0.3) is 0 Å². The van der Waals surface area contributed by atoms with E-state index in [2.05, 4.69) is 16.4 Å². The van der Waals surface area contributed by atoms with Crippen LogP contribution in [0.1, 0.15) is 24.7 Å². The zero-order chi connectivity index (χ0) is 10.4. The van der Waals surface area contributed by atoms with Crippen LogP contribution in [0.5, 0.6) is 0 Å². The third-order valence-electron chi connectivity index (χ3n) is 2.04. The molecule has 1 aromatic heterocycles. The molecule has 0 bridgehead atoms. The van der Waals surface area contributed by atoms with E-state index in [9.17, 15) is 0 Å². The lowest BCUT2D eigenvalue weighted by molar-refractivity contribution is 0.580. The minimum absolute atomic E-state index is 0.0719. The molecule has 0 aliphatic heterocycles. The molecule has 0 fully saturated rings. The third-order valence-corrected chi connectivity index (χ3v) is 2.04. The van der Waals surface area contributed by atoms with E-state index in [0.717, 1.165) is 17.8 Å². The van der Waals surface area contributed by atoms with Gasteiger partial charge in [-0.05, 0) is 25.5 Å². The fraction of sp³-hybridized carbons (Fsp3) is 0.455. The maximum absolute atomic E-state index is 8.73. The number of pyridine rings is 1. The van der Waals surface area contributed by atoms with Crippen molar-refractivity contribution < 1.29 is 0 Å². The first-order valence-electron chi connectivity index (χ1n) is 4.81. The van der Waals surface area contributed by atoms with E-state index in [1.165, 1.54) is 0 Å². The third kappa shape index (κ3) is 3.15. The molecule has 1 aromatic rings. The van der Waals surface area contributed by atoms with Crippen LogP contribution in [0, 0.1) is 18.3 Å². The zero-order valence-corrected chi connectivity index (χ0v) is 8.62. The van der Waals surface area contributed by atoms with Gasteiger partial charge in [-0.3, -0.25) is 10.3 Å². The summed E-state index contributed by atoms with van der Waals surface area (Å²) in [5, 5.41) is 11.9. The monoisotopic (exact) mass is 189 g/mol. The number of rotatable bonds is 4. The fourth-order valence-corrected chi connectivity index (χ4v) is 1.21. The van der Waals surface area contributed by atoms with Gasteiger partial charge in [0.2, 0.25) is 0 Å². The van der Waals surface area contributed by atoms with Crippen molar-refractivity contribution in [1.82, 2.24) is 10.3 Å². The minimum atomic E-state index is -0.0719. The Morgan fingerprint density at radius 3 is 2.93 bits per heavy atom. The van der Waals surface area contributed by atoms with Crippen LogP contribution in [0.2, 0.25) is 0 Å². The Labute approximate surface area is 84.8 Å². The molecule has 0 amide bonds. The number of nitrogens with one attached hydrogen (secondary N) is 1. The lowest BCUT2D eigenvalue weighted by Gasteiger charge is -2.08. The molecule has 0 saturated carbocycles. The second-order valence-electron chi connectivity index (χ2n) is 3.24. The molecular formula is C11H15N3. The second kappa shape index (κ2) is 5.36. The van der Waals surface area contributed by atoms with Crippen LogP contribution >= 0.6 is 0 Å². The van der Waals surface area contributed by atoms with Gasteiger partial charge in [-0.15, -0.1) is 0 Å². The van der Waals surface area contributed by atoms with Crippen molar-refractivity contribution in [3.8, 4) is 6.07 Å². The molecule has 14 heavy (non-hydrogen) atoms. The molecule has 3 heteroatoms. The van der Waals surface area contributed by atoms with E-state index in [1.54, 1.807) is 0 Å². The second-order valence-corrected chi connectivity index (χ2v) is 3.24. The van der Waals surface area contributed by atoms with Crippen molar-refractivity contribution in [2.24, 2.45) is 0 Å². The Hall–Kier alpha value is -1.40. The van der Waals surface area contributed by atoms with Crippen molar-refractivity contribution in [2.75, 3.05) is 0 Å². The minimum Gasteiger partial charge on any atom is -0.296 e. The SMILES string of the molecule is CCC(C#N)NCc1cccc(C)n1. The fourth-order valence-electron chi connectivity index (χ4n) is 1.21. The molecule has 0 aliphatic carbocycles. The number of nitrogens with zero attached hydrogens (tertiary/aromatic N) is 2. The molecule has 3 nitrogen and oxygen atoms in total. The van der Waals surface area contributed by atoms with Crippen molar-refractivity contribution >= 4 is 0 Å². The van der Waals surface area contributed by atoms with Crippen LogP contribution in [-0.4, -0.2) is 11.0 Å². The number of nitriles is 1. The number of aryl methyl sites for hydroxylation is 1. The van der Waals surface area contributed by atoms with Crippen molar-refractivity contribution in [1.29, 1.82) is 5.26 Å². The molecule has 1 heterocycles. The quantitative estimate of drug-likeness (QED) is 0.785. The maximum atomic E-state index is 8.73. The molecule has 1 atom stereocenters. The summed E-state index contributed by atoms with van der Waals surface area (Å²) < 4.78 is 0. The van der Waals surface area contributed by atoms with Gasteiger partial charge in [0.15, 0.2) is 0 Å². The van der Waals surface area contributed by atoms with Crippen molar-refractivity contribution in [3.05, 3.63) is 29.6 Å². The predicted octanol–water partition coefficient (Wildman–Crippen LogP) is 1.78. The first kappa shape index (κ1) is 10.7. The molecule has 0 aliphatic rings. The van der Waals surface area contributed by atoms with Crippen LogP contribution in [-0.2, 0) is 6.54 Å². The first-order valence-corrected chi connectivity index (χ1v) is 4.81. The Kier molecular flexibility index (Phi) is 4.09. The Morgan fingerprint density at radius 1 is 1.57 bits per heavy atom. The summed E-state index contributed by atoms with van der Waals surface area (Å²) in [5.41, 5.74) is 1.99. The molecule has 1 N–H and O–H groups in total. The van der Waals surface area contributed by atoms with E-state index in [4.69, 9.17) is 5.26 Å². The summed E-state index contributed by atoms with van der Waals surface area (Å²) in [6.07, 6.45) is 0.822. The Bertz CT molecular complexity index is 328. The van der Waals surface area contributed by atoms with Crippen LogP contribution in [0.3, 0.4) is 0 Å². The zero-order valence-electron chi connectivity index (χ0n) is 8.62. The molecule has 1 unspecified atom stereocenters. The highest BCUT2D eigenvalue weighted by Crippen LogP contribution is 1.98. The van der Waals surface area contributed by atoms with Crippen molar-refractivity contribution in [2.45, 2.75) is 32.9 Å². The van der Waals surface area contributed by atoms with Gasteiger partial charge in [0.1, 0.15) is 0 Å². The summed E-state index contributed by atoms with van der Waals surface area (Å²) in [5.74, 6) is 0. The number of aromatic nitrogens is 1. The highest BCUT2D eigenvalue weighted by Gasteiger charge is 2.03. The molecule has 1 rings (SSSR count). The van der Waals surface area contributed by atoms with Crippen molar-refractivity contribution in [3.63, 3.8) is 0 Å². The predicted molar refractivity (Wildman–Crippen MR) is 55.5 cm³/mol. The van der Waals surface area contributed by atoms with Crippen LogP contribution in [0.4, 0.5) is 0 Å². The van der Waals surface area contributed by atoms with E-state index < -0.39 is 0 Å². The maximum Gasteiger partial charge on any atom is 0.0953 e. The largest absolute Gasteiger partial charge is 0.296 e. The average Bonchev–Trinajstić information content (AvgIpc) is 2.19. The highest BCUT2D eigenvalue weighted by atomic mass is 14.9. The van der Waals surface area contributed by atoms with E-state index >= 15 is 0 Å². The lowest BCUT2D eigenvalue weighted by Crippen LogP contribution is -2.26. The molecule has 0 spiro atoms. The summed E-state index contributed by atoms with van der Waals surface area (Å²) in [6.45, 7) is 4.61. The van der Waals surface area contributed by atoms with Crippen LogP contribution < -0.4 is 5.32 Å². The average molecular weight is 189 g/mol. The molecule has 0 saturated heterocycles. The van der Waals surface area contributed by atoms with Gasteiger partial charge in [-0.25, -0.2) is 0 Å². The smallest absolute Gasteiger partial charge is 0.0953 e. The normalized spacial score (nSPS) is 12.1. The van der Waals surface area contributed by atoms with Gasteiger partial charge >= 0.3 is 0 Å². The van der Waals surface area contributed by atoms with Gasteiger partial charge in [0.05, 0.1) is 17.8 Å². The summed E-state index contributed by atoms with van der Waals surface area (Å²) in [4.78, 5) is 4.34. The van der Waals surface area contributed by atoms with Gasteiger partial charge in [-0.1, -0.05) is 13.0 Å². The van der Waals surface area contributed by atoms with Gasteiger partial charge in [-0.2, -0.15) is 5.26 Å². The summed E-state index contributed by atoms with van der Waals surface area (Å²) in [6, 6.07) is 8.03. The van der Waals surface area contributed by atoms with Gasteiger partial charge in [0, 0.05) is 12.2 Å². The van der Waals surface area contributed by atoms with Crippen LogP contribution in [0.15, 0.2) is 18.2 Å². The van der Waals surface area contributed by atoms with Gasteiger partial charge < -0.3 is 0 Å². The molecular weight excluding hydrogens is 174 g/mol. The number of hydrogen-bond acceptors (Lipinski definition) is 3. The van der Waals surface area contributed by atoms with Gasteiger partial charge in [0.25, 0.3) is 0 Å². The van der Waals surface area contributed by atoms with E-state index in [0.29, 0.717) is 6.54 Å². The Morgan fingerprint density at radius 2 is 2.36 bits per heavy atom. The number of hydrogen-bond donors (Lipinski definition) is 1. The van der Waals surface area contributed by atoms with E-state index in [1.807, 2.05) is 32.0 Å². The summed E-state index contributed by atoms with van der Waals surface area (Å²) >= 11 is 0. The lowest BCUT2D eigenvalue weighted by atomic mass is 10.2. The first-order chi connectivity index (χ1) is 6.76.